The van der Waals surface area contributed by atoms with Gasteiger partial charge in [0.2, 0.25) is 0 Å². The van der Waals surface area contributed by atoms with Crippen LogP contribution in [-0.4, -0.2) is 5.78 Å². The Morgan fingerprint density at radius 2 is 2.00 bits per heavy atom. The SMILES string of the molecule is C[CH]CCCC(=O)c1ccc(F)cc1. The average Bonchev–Trinajstić information content (AvgIpc) is 2.19. The van der Waals surface area contributed by atoms with Gasteiger partial charge < -0.3 is 0 Å². The van der Waals surface area contributed by atoms with Gasteiger partial charge in [-0.1, -0.05) is 13.3 Å². The van der Waals surface area contributed by atoms with Crippen LogP contribution < -0.4 is 0 Å². The van der Waals surface area contributed by atoms with E-state index in [2.05, 4.69) is 0 Å². The first-order valence-electron chi connectivity index (χ1n) is 4.80. The zero-order valence-electron chi connectivity index (χ0n) is 8.29. The third-order valence-corrected chi connectivity index (χ3v) is 2.06. The molecule has 0 bridgehead atoms. The predicted molar refractivity (Wildman–Crippen MR) is 54.6 cm³/mol. The Morgan fingerprint density at radius 1 is 1.36 bits per heavy atom. The number of unbranched alkanes of at least 4 members (excludes halogenated alkanes) is 2. The van der Waals surface area contributed by atoms with Crippen LogP contribution >= 0.6 is 0 Å². The van der Waals surface area contributed by atoms with E-state index in [4.69, 9.17) is 0 Å². The lowest BCUT2D eigenvalue weighted by atomic mass is 10.1. The topological polar surface area (TPSA) is 17.1 Å². The summed E-state index contributed by atoms with van der Waals surface area (Å²) in [6.07, 6.45) is 4.40. The number of carbonyl (C=O) groups excluding carboxylic acids is 1. The first kappa shape index (κ1) is 10.9. The summed E-state index contributed by atoms with van der Waals surface area (Å²) in [5, 5.41) is 0. The van der Waals surface area contributed by atoms with Crippen molar-refractivity contribution in [2.24, 2.45) is 0 Å². The minimum atomic E-state index is -0.302. The number of hydrogen-bond acceptors (Lipinski definition) is 1. The molecule has 1 rings (SSSR count). The van der Waals surface area contributed by atoms with Crippen LogP contribution in [0.15, 0.2) is 24.3 Å². The maximum absolute atomic E-state index is 12.5. The third kappa shape index (κ3) is 3.29. The fourth-order valence-electron chi connectivity index (χ4n) is 1.25. The largest absolute Gasteiger partial charge is 0.294 e. The summed E-state index contributed by atoms with van der Waals surface area (Å²) in [6, 6.07) is 5.71. The van der Waals surface area contributed by atoms with Crippen molar-refractivity contribution >= 4 is 5.78 Å². The van der Waals surface area contributed by atoms with Crippen LogP contribution in [0.3, 0.4) is 0 Å². The molecule has 2 heteroatoms. The molecule has 0 aromatic heterocycles. The van der Waals surface area contributed by atoms with E-state index in [1.54, 1.807) is 0 Å². The van der Waals surface area contributed by atoms with Crippen molar-refractivity contribution in [2.45, 2.75) is 26.2 Å². The molecule has 0 unspecified atom stereocenters. The van der Waals surface area contributed by atoms with Crippen LogP contribution in [0.5, 0.6) is 0 Å². The van der Waals surface area contributed by atoms with E-state index in [9.17, 15) is 9.18 Å². The molecule has 14 heavy (non-hydrogen) atoms. The highest BCUT2D eigenvalue weighted by Gasteiger charge is 2.04. The number of carbonyl (C=O) groups is 1. The normalized spacial score (nSPS) is 10.1. The Morgan fingerprint density at radius 3 is 2.57 bits per heavy atom. The number of Topliss-reactive ketones (excluding diaryl/α,β-unsaturated/α-hetero) is 1. The van der Waals surface area contributed by atoms with Crippen LogP contribution in [0.1, 0.15) is 36.5 Å². The van der Waals surface area contributed by atoms with Gasteiger partial charge in [0.1, 0.15) is 5.82 Å². The predicted octanol–water partition coefficient (Wildman–Crippen LogP) is 3.40. The molecule has 1 aromatic carbocycles. The van der Waals surface area contributed by atoms with E-state index < -0.39 is 0 Å². The molecule has 0 saturated heterocycles. The second-order valence-electron chi connectivity index (χ2n) is 3.23. The summed E-state index contributed by atoms with van der Waals surface area (Å²) in [5.41, 5.74) is 0.600. The molecule has 0 saturated carbocycles. The molecule has 1 aromatic rings. The molecule has 0 aliphatic carbocycles. The van der Waals surface area contributed by atoms with Crippen LogP contribution in [-0.2, 0) is 0 Å². The zero-order chi connectivity index (χ0) is 10.4. The van der Waals surface area contributed by atoms with Crippen LogP contribution in [0.4, 0.5) is 4.39 Å². The Bertz CT molecular complexity index is 290. The van der Waals surface area contributed by atoms with Gasteiger partial charge in [0, 0.05) is 12.0 Å². The molecular formula is C12H14FO. The average molecular weight is 193 g/mol. The highest BCUT2D eigenvalue weighted by atomic mass is 19.1. The lowest BCUT2D eigenvalue weighted by Crippen LogP contribution is -1.98. The summed E-state index contributed by atoms with van der Waals surface area (Å²) in [7, 11) is 0. The third-order valence-electron chi connectivity index (χ3n) is 2.06. The fraction of sp³-hybridized carbons (Fsp3) is 0.333. The van der Waals surface area contributed by atoms with Gasteiger partial charge in [0.25, 0.3) is 0 Å². The molecule has 0 aliphatic rings. The maximum Gasteiger partial charge on any atom is 0.162 e. The monoisotopic (exact) mass is 193 g/mol. The van der Waals surface area contributed by atoms with Crippen molar-refractivity contribution in [1.29, 1.82) is 0 Å². The number of rotatable bonds is 5. The van der Waals surface area contributed by atoms with Gasteiger partial charge in [0.15, 0.2) is 5.78 Å². The van der Waals surface area contributed by atoms with E-state index in [0.29, 0.717) is 12.0 Å². The minimum absolute atomic E-state index is 0.0897. The van der Waals surface area contributed by atoms with Crippen molar-refractivity contribution < 1.29 is 9.18 Å². The molecule has 0 heterocycles. The minimum Gasteiger partial charge on any atom is -0.294 e. The second kappa shape index (κ2) is 5.53. The molecule has 1 radical (unpaired) electrons. The molecule has 0 spiro atoms. The van der Waals surface area contributed by atoms with Crippen LogP contribution in [0.2, 0.25) is 0 Å². The van der Waals surface area contributed by atoms with E-state index in [1.165, 1.54) is 24.3 Å². The summed E-state index contributed by atoms with van der Waals surface area (Å²) in [4.78, 5) is 11.5. The quantitative estimate of drug-likeness (QED) is 0.517. The van der Waals surface area contributed by atoms with E-state index in [-0.39, 0.29) is 11.6 Å². The van der Waals surface area contributed by atoms with Gasteiger partial charge in [-0.25, -0.2) is 4.39 Å². The molecule has 0 amide bonds. The standard InChI is InChI=1S/C12H14FO/c1-2-3-4-5-12(14)10-6-8-11(13)9-7-10/h2,6-9H,3-5H2,1H3. The Hall–Kier alpha value is -1.18. The number of hydrogen-bond donors (Lipinski definition) is 0. The number of benzene rings is 1. The van der Waals surface area contributed by atoms with Crippen LogP contribution in [0, 0.1) is 12.2 Å². The maximum atomic E-state index is 12.5. The van der Waals surface area contributed by atoms with Crippen molar-refractivity contribution in [1.82, 2.24) is 0 Å². The first-order valence-corrected chi connectivity index (χ1v) is 4.80. The molecule has 0 N–H and O–H groups in total. The van der Waals surface area contributed by atoms with Gasteiger partial charge in [-0.15, -0.1) is 0 Å². The smallest absolute Gasteiger partial charge is 0.162 e. The first-order chi connectivity index (χ1) is 6.74. The summed E-state index contributed by atoms with van der Waals surface area (Å²) >= 11 is 0. The van der Waals surface area contributed by atoms with Crippen molar-refractivity contribution in [2.75, 3.05) is 0 Å². The van der Waals surface area contributed by atoms with Crippen LogP contribution in [0.25, 0.3) is 0 Å². The number of halogens is 1. The molecule has 1 nitrogen and oxygen atoms in total. The Labute approximate surface area is 83.9 Å². The van der Waals surface area contributed by atoms with Gasteiger partial charge >= 0.3 is 0 Å². The highest BCUT2D eigenvalue weighted by molar-refractivity contribution is 5.95. The number of ketones is 1. The Kier molecular flexibility index (Phi) is 4.30. The van der Waals surface area contributed by atoms with Gasteiger partial charge in [-0.3, -0.25) is 4.79 Å². The highest BCUT2D eigenvalue weighted by Crippen LogP contribution is 2.08. The lowest BCUT2D eigenvalue weighted by molar-refractivity contribution is 0.0980. The summed E-state index contributed by atoms with van der Waals surface area (Å²) in [6.45, 7) is 1.97. The molecule has 0 atom stereocenters. The van der Waals surface area contributed by atoms with E-state index >= 15 is 0 Å². The lowest BCUT2D eigenvalue weighted by Gasteiger charge is -1.99. The van der Waals surface area contributed by atoms with E-state index in [0.717, 1.165) is 12.8 Å². The van der Waals surface area contributed by atoms with Crippen molar-refractivity contribution in [3.05, 3.63) is 42.1 Å². The second-order valence-corrected chi connectivity index (χ2v) is 3.23. The molecule has 0 aliphatic heterocycles. The summed E-state index contributed by atoms with van der Waals surface area (Å²) < 4.78 is 12.5. The Balaban J connectivity index is 2.48. The van der Waals surface area contributed by atoms with Crippen molar-refractivity contribution in [3.8, 4) is 0 Å². The van der Waals surface area contributed by atoms with Gasteiger partial charge in [-0.05, 0) is 37.1 Å². The van der Waals surface area contributed by atoms with Crippen molar-refractivity contribution in [3.63, 3.8) is 0 Å². The summed E-state index contributed by atoms with van der Waals surface area (Å²) in [5.74, 6) is -0.213. The molecule has 75 valence electrons. The van der Waals surface area contributed by atoms with E-state index in [1.807, 2.05) is 13.3 Å². The molecule has 0 fully saturated rings. The fourth-order valence-corrected chi connectivity index (χ4v) is 1.25. The molecular weight excluding hydrogens is 179 g/mol. The van der Waals surface area contributed by atoms with Gasteiger partial charge in [0.05, 0.1) is 0 Å². The van der Waals surface area contributed by atoms with Gasteiger partial charge in [-0.2, -0.15) is 0 Å². The zero-order valence-corrected chi connectivity index (χ0v) is 8.29.